The lowest BCUT2D eigenvalue weighted by Gasteiger charge is -2.11. The minimum absolute atomic E-state index is 0.135. The minimum atomic E-state index is 0.135. The van der Waals surface area contributed by atoms with Crippen LogP contribution in [0.1, 0.15) is 26.2 Å². The van der Waals surface area contributed by atoms with E-state index in [9.17, 15) is 0 Å². The second-order valence-electron chi connectivity index (χ2n) is 4.05. The van der Waals surface area contributed by atoms with Gasteiger partial charge in [0.15, 0.2) is 0 Å². The Kier molecular flexibility index (Phi) is 2.90. The van der Waals surface area contributed by atoms with Gasteiger partial charge in [0, 0.05) is 6.04 Å². The molecule has 3 N–H and O–H groups in total. The molecule has 0 radical (unpaired) electrons. The van der Waals surface area contributed by atoms with Crippen molar-refractivity contribution in [3.05, 3.63) is 5.28 Å². The number of nitrogens with two attached hydrogens (primary N) is 1. The average Bonchev–Trinajstić information content (AvgIpc) is 2.49. The molecule has 82 valence electrons. The molecule has 2 rings (SSSR count). The number of nitrogens with zero attached hydrogens (tertiary/aromatic N) is 3. The fourth-order valence-corrected chi connectivity index (χ4v) is 2.12. The molecule has 1 aliphatic carbocycles. The number of nitrogens with one attached hydrogen (secondary N) is 1. The third kappa shape index (κ3) is 2.68. The van der Waals surface area contributed by atoms with Crippen LogP contribution in [0.25, 0.3) is 0 Å². The van der Waals surface area contributed by atoms with Crippen molar-refractivity contribution in [2.24, 2.45) is 5.92 Å². The van der Waals surface area contributed by atoms with Crippen LogP contribution in [0.3, 0.4) is 0 Å². The Morgan fingerprint density at radius 2 is 2.13 bits per heavy atom. The van der Waals surface area contributed by atoms with Crippen LogP contribution in [0.4, 0.5) is 11.9 Å². The average molecular weight is 228 g/mol. The maximum atomic E-state index is 5.68. The highest BCUT2D eigenvalue weighted by atomic mass is 35.5. The Hall–Kier alpha value is -1.10. The predicted molar refractivity (Wildman–Crippen MR) is 59.7 cm³/mol. The Labute approximate surface area is 93.5 Å². The fraction of sp³-hybridized carbons (Fsp3) is 0.667. The molecule has 0 aromatic carbocycles. The maximum absolute atomic E-state index is 5.68. The van der Waals surface area contributed by atoms with E-state index in [1.807, 2.05) is 0 Å². The Morgan fingerprint density at radius 1 is 1.33 bits per heavy atom. The quantitative estimate of drug-likeness (QED) is 0.804. The van der Waals surface area contributed by atoms with Gasteiger partial charge in [0.1, 0.15) is 0 Å². The number of aromatic nitrogens is 3. The molecule has 0 amide bonds. The molecule has 15 heavy (non-hydrogen) atoms. The molecule has 0 spiro atoms. The smallest absolute Gasteiger partial charge is 0.229 e. The molecule has 1 aromatic rings. The summed E-state index contributed by atoms with van der Waals surface area (Å²) in [4.78, 5) is 11.7. The van der Waals surface area contributed by atoms with E-state index in [-0.39, 0.29) is 11.2 Å². The van der Waals surface area contributed by atoms with E-state index in [2.05, 4.69) is 27.2 Å². The van der Waals surface area contributed by atoms with Crippen LogP contribution in [0.5, 0.6) is 0 Å². The number of hydrogen-bond donors (Lipinski definition) is 2. The molecule has 5 nitrogen and oxygen atoms in total. The monoisotopic (exact) mass is 227 g/mol. The van der Waals surface area contributed by atoms with Crippen molar-refractivity contribution < 1.29 is 0 Å². The first-order valence-electron chi connectivity index (χ1n) is 5.07. The first kappa shape index (κ1) is 10.4. The van der Waals surface area contributed by atoms with E-state index in [1.165, 1.54) is 6.42 Å². The van der Waals surface area contributed by atoms with E-state index >= 15 is 0 Å². The second-order valence-corrected chi connectivity index (χ2v) is 4.38. The highest BCUT2D eigenvalue weighted by molar-refractivity contribution is 6.28. The van der Waals surface area contributed by atoms with Gasteiger partial charge in [0.25, 0.3) is 0 Å². The molecular weight excluding hydrogens is 214 g/mol. The molecule has 2 atom stereocenters. The van der Waals surface area contributed by atoms with Crippen LogP contribution in [0, 0.1) is 5.92 Å². The molecule has 0 saturated heterocycles. The Bertz CT molecular complexity index is 336. The van der Waals surface area contributed by atoms with Crippen molar-refractivity contribution >= 4 is 23.5 Å². The zero-order valence-corrected chi connectivity index (χ0v) is 9.33. The van der Waals surface area contributed by atoms with Gasteiger partial charge in [-0.15, -0.1) is 0 Å². The van der Waals surface area contributed by atoms with Crippen molar-refractivity contribution in [1.29, 1.82) is 0 Å². The lowest BCUT2D eigenvalue weighted by Crippen LogP contribution is -2.18. The molecule has 1 aliphatic rings. The van der Waals surface area contributed by atoms with Crippen LogP contribution in [0.15, 0.2) is 0 Å². The molecule has 6 heteroatoms. The van der Waals surface area contributed by atoms with Crippen LogP contribution in [-0.4, -0.2) is 21.0 Å². The summed E-state index contributed by atoms with van der Waals surface area (Å²) in [7, 11) is 0. The van der Waals surface area contributed by atoms with Gasteiger partial charge in [0.2, 0.25) is 17.2 Å². The van der Waals surface area contributed by atoms with Crippen LogP contribution < -0.4 is 11.1 Å². The highest BCUT2D eigenvalue weighted by Crippen LogP contribution is 2.26. The predicted octanol–water partition coefficient (Wildman–Crippen LogP) is 1.71. The van der Waals surface area contributed by atoms with Gasteiger partial charge >= 0.3 is 0 Å². The number of anilines is 2. The van der Waals surface area contributed by atoms with Gasteiger partial charge in [-0.1, -0.05) is 6.92 Å². The van der Waals surface area contributed by atoms with Crippen LogP contribution in [-0.2, 0) is 0 Å². The topological polar surface area (TPSA) is 76.7 Å². The summed E-state index contributed by atoms with van der Waals surface area (Å²) in [6.07, 6.45) is 3.53. The van der Waals surface area contributed by atoms with Crippen LogP contribution >= 0.6 is 11.6 Å². The van der Waals surface area contributed by atoms with Crippen molar-refractivity contribution in [3.63, 3.8) is 0 Å². The first-order valence-corrected chi connectivity index (χ1v) is 5.45. The highest BCUT2D eigenvalue weighted by Gasteiger charge is 2.21. The normalized spacial score (nSPS) is 25.5. The van der Waals surface area contributed by atoms with Gasteiger partial charge in [-0.25, -0.2) is 0 Å². The molecule has 2 unspecified atom stereocenters. The third-order valence-corrected chi connectivity index (χ3v) is 2.82. The van der Waals surface area contributed by atoms with Gasteiger partial charge < -0.3 is 11.1 Å². The number of nitrogen functional groups attached to an aromatic ring is 1. The zero-order chi connectivity index (χ0) is 10.8. The van der Waals surface area contributed by atoms with Crippen molar-refractivity contribution in [2.75, 3.05) is 11.1 Å². The van der Waals surface area contributed by atoms with Gasteiger partial charge in [-0.05, 0) is 36.8 Å². The first-order chi connectivity index (χ1) is 7.13. The SMILES string of the molecule is CC1CCC(Nc2nc(N)nc(Cl)n2)C1. The molecular formula is C9H14ClN5. The molecule has 0 bridgehead atoms. The van der Waals surface area contributed by atoms with E-state index in [1.54, 1.807) is 0 Å². The Balaban J connectivity index is 2.04. The summed E-state index contributed by atoms with van der Waals surface area (Å²) < 4.78 is 0. The molecule has 1 aromatic heterocycles. The summed E-state index contributed by atoms with van der Waals surface area (Å²) in [5.74, 6) is 1.40. The zero-order valence-electron chi connectivity index (χ0n) is 8.57. The maximum Gasteiger partial charge on any atom is 0.229 e. The minimum Gasteiger partial charge on any atom is -0.368 e. The van der Waals surface area contributed by atoms with Crippen molar-refractivity contribution in [2.45, 2.75) is 32.2 Å². The van der Waals surface area contributed by atoms with Gasteiger partial charge in [-0.2, -0.15) is 15.0 Å². The van der Waals surface area contributed by atoms with E-state index in [4.69, 9.17) is 17.3 Å². The number of hydrogen-bond acceptors (Lipinski definition) is 5. The van der Waals surface area contributed by atoms with E-state index in [0.717, 1.165) is 18.8 Å². The second kappa shape index (κ2) is 4.18. The van der Waals surface area contributed by atoms with Crippen molar-refractivity contribution in [1.82, 2.24) is 15.0 Å². The summed E-state index contributed by atoms with van der Waals surface area (Å²) in [5.41, 5.74) is 5.47. The number of halogens is 1. The molecule has 1 heterocycles. The molecule has 1 saturated carbocycles. The summed E-state index contributed by atoms with van der Waals surface area (Å²) in [6, 6.07) is 0.429. The van der Waals surface area contributed by atoms with Gasteiger partial charge in [-0.3, -0.25) is 0 Å². The van der Waals surface area contributed by atoms with Crippen molar-refractivity contribution in [3.8, 4) is 0 Å². The molecule has 0 aliphatic heterocycles. The number of rotatable bonds is 2. The van der Waals surface area contributed by atoms with E-state index < -0.39 is 0 Å². The Morgan fingerprint density at radius 3 is 2.73 bits per heavy atom. The van der Waals surface area contributed by atoms with Gasteiger partial charge in [0.05, 0.1) is 0 Å². The lowest BCUT2D eigenvalue weighted by molar-refractivity contribution is 0.601. The standard InChI is InChI=1S/C9H14ClN5/c1-5-2-3-6(4-5)12-9-14-7(10)13-8(11)15-9/h5-6H,2-4H2,1H3,(H3,11,12,13,14,15). The summed E-state index contributed by atoms with van der Waals surface area (Å²) >= 11 is 5.68. The lowest BCUT2D eigenvalue weighted by atomic mass is 10.1. The summed E-state index contributed by atoms with van der Waals surface area (Å²) in [5, 5.41) is 3.36. The van der Waals surface area contributed by atoms with E-state index in [0.29, 0.717) is 12.0 Å². The fourth-order valence-electron chi connectivity index (χ4n) is 1.95. The molecule has 1 fully saturated rings. The third-order valence-electron chi connectivity index (χ3n) is 2.65. The largest absolute Gasteiger partial charge is 0.368 e. The van der Waals surface area contributed by atoms with Crippen LogP contribution in [0.2, 0.25) is 5.28 Å². The summed E-state index contributed by atoms with van der Waals surface area (Å²) in [6.45, 7) is 2.25.